The van der Waals surface area contributed by atoms with Crippen LogP contribution in [-0.4, -0.2) is 39.0 Å². The van der Waals surface area contributed by atoms with Crippen LogP contribution in [-0.2, 0) is 19.0 Å². The van der Waals surface area contributed by atoms with Crippen LogP contribution in [0.25, 0.3) is 0 Å². The second-order valence-corrected chi connectivity index (χ2v) is 4.82. The Morgan fingerprint density at radius 3 is 1.95 bits per heavy atom. The van der Waals surface area contributed by atoms with E-state index in [1.807, 2.05) is 6.92 Å². The lowest BCUT2D eigenvalue weighted by Gasteiger charge is -2.31. The molecule has 0 unspecified atom stereocenters. The topological polar surface area (TPSA) is 44.8 Å². The maximum absolute atomic E-state index is 11.5. The normalized spacial score (nSPS) is 10.9. The van der Waals surface area contributed by atoms with E-state index in [1.165, 1.54) is 0 Å². The summed E-state index contributed by atoms with van der Waals surface area (Å²) in [6.07, 6.45) is 4.14. The largest absolute Gasteiger partial charge is 0.462 e. The molecule has 0 radical (unpaired) electrons. The van der Waals surface area contributed by atoms with Crippen molar-refractivity contribution in [3.8, 4) is 0 Å². The van der Waals surface area contributed by atoms with E-state index in [2.05, 4.69) is 19.7 Å². The van der Waals surface area contributed by atoms with E-state index in [-0.39, 0.29) is 12.0 Å². The predicted molar refractivity (Wildman–Crippen MR) is 80.5 cm³/mol. The molecule has 0 aromatic heterocycles. The van der Waals surface area contributed by atoms with Crippen LogP contribution in [0.3, 0.4) is 0 Å². The standard InChI is InChI=1S/C16H26O4/c1-6-9-18-11-16(8-3,12-19-10-7-2)13-20-15(17)14(4)5/h6-7H,1-2,4,8-13H2,3,5H3. The van der Waals surface area contributed by atoms with Crippen LogP contribution in [0.1, 0.15) is 20.3 Å². The van der Waals surface area contributed by atoms with E-state index in [0.717, 1.165) is 6.42 Å². The second kappa shape index (κ2) is 10.4. The summed E-state index contributed by atoms with van der Waals surface area (Å²) < 4.78 is 16.3. The molecule has 0 atom stereocenters. The first kappa shape index (κ1) is 18.6. The molecule has 114 valence electrons. The van der Waals surface area contributed by atoms with Gasteiger partial charge >= 0.3 is 5.97 Å². The van der Waals surface area contributed by atoms with E-state index < -0.39 is 5.97 Å². The monoisotopic (exact) mass is 282 g/mol. The molecule has 0 saturated heterocycles. The molecule has 0 aliphatic heterocycles. The van der Waals surface area contributed by atoms with Crippen molar-refractivity contribution in [2.45, 2.75) is 20.3 Å². The van der Waals surface area contributed by atoms with E-state index >= 15 is 0 Å². The number of carbonyl (C=O) groups excluding carboxylic acids is 1. The van der Waals surface area contributed by atoms with Gasteiger partial charge in [0.1, 0.15) is 6.61 Å². The van der Waals surface area contributed by atoms with Crippen molar-refractivity contribution in [3.05, 3.63) is 37.5 Å². The first-order valence-electron chi connectivity index (χ1n) is 6.71. The van der Waals surface area contributed by atoms with Crippen molar-refractivity contribution in [2.75, 3.05) is 33.0 Å². The Morgan fingerprint density at radius 1 is 1.10 bits per heavy atom. The Hall–Kier alpha value is -1.39. The molecule has 0 fully saturated rings. The highest BCUT2D eigenvalue weighted by Gasteiger charge is 2.31. The molecule has 0 amide bonds. The first-order chi connectivity index (χ1) is 9.51. The van der Waals surface area contributed by atoms with E-state index in [4.69, 9.17) is 14.2 Å². The third-order valence-corrected chi connectivity index (χ3v) is 2.90. The number of ether oxygens (including phenoxy) is 3. The summed E-state index contributed by atoms with van der Waals surface area (Å²) in [6, 6.07) is 0. The highest BCUT2D eigenvalue weighted by atomic mass is 16.5. The molecule has 0 heterocycles. The zero-order valence-electron chi connectivity index (χ0n) is 12.7. The molecule has 4 heteroatoms. The fourth-order valence-electron chi connectivity index (χ4n) is 1.49. The molecule has 0 aliphatic carbocycles. The maximum Gasteiger partial charge on any atom is 0.333 e. The van der Waals surface area contributed by atoms with Gasteiger partial charge in [-0.2, -0.15) is 0 Å². The molecule has 0 bridgehead atoms. The molecular weight excluding hydrogens is 256 g/mol. The lowest BCUT2D eigenvalue weighted by molar-refractivity contribution is -0.146. The number of esters is 1. The first-order valence-corrected chi connectivity index (χ1v) is 6.71. The van der Waals surface area contributed by atoms with Crippen LogP contribution >= 0.6 is 0 Å². The highest BCUT2D eigenvalue weighted by Crippen LogP contribution is 2.24. The fraction of sp³-hybridized carbons (Fsp3) is 0.562. The lowest BCUT2D eigenvalue weighted by atomic mass is 9.88. The van der Waals surface area contributed by atoms with Gasteiger partial charge in [-0.3, -0.25) is 0 Å². The Morgan fingerprint density at radius 2 is 1.60 bits per heavy atom. The Bertz CT molecular complexity index is 319. The molecule has 0 rings (SSSR count). The summed E-state index contributed by atoms with van der Waals surface area (Å²) in [5.41, 5.74) is 0.0194. The minimum Gasteiger partial charge on any atom is -0.462 e. The summed E-state index contributed by atoms with van der Waals surface area (Å²) in [5.74, 6) is -0.393. The average molecular weight is 282 g/mol. The van der Waals surface area contributed by atoms with Crippen molar-refractivity contribution in [1.29, 1.82) is 0 Å². The molecule has 0 saturated carbocycles. The number of carbonyl (C=O) groups is 1. The van der Waals surface area contributed by atoms with Gasteiger partial charge < -0.3 is 14.2 Å². The third kappa shape index (κ3) is 7.26. The molecular formula is C16H26O4. The Kier molecular flexibility index (Phi) is 9.68. The van der Waals surface area contributed by atoms with Crippen LogP contribution < -0.4 is 0 Å². The van der Waals surface area contributed by atoms with Crippen molar-refractivity contribution < 1.29 is 19.0 Å². The number of hydrogen-bond donors (Lipinski definition) is 0. The van der Waals surface area contributed by atoms with Crippen molar-refractivity contribution >= 4 is 5.97 Å². The summed E-state index contributed by atoms with van der Waals surface area (Å²) in [6.45, 7) is 16.5. The molecule has 0 aliphatic rings. The van der Waals surface area contributed by atoms with Gasteiger partial charge in [0.05, 0.1) is 31.8 Å². The molecule has 0 aromatic carbocycles. The summed E-state index contributed by atoms with van der Waals surface area (Å²) >= 11 is 0. The molecule has 4 nitrogen and oxygen atoms in total. The van der Waals surface area contributed by atoms with E-state index in [9.17, 15) is 4.79 Å². The third-order valence-electron chi connectivity index (χ3n) is 2.90. The van der Waals surface area contributed by atoms with Gasteiger partial charge in [0.15, 0.2) is 0 Å². The molecule has 20 heavy (non-hydrogen) atoms. The van der Waals surface area contributed by atoms with Gasteiger partial charge in [0.2, 0.25) is 0 Å². The van der Waals surface area contributed by atoms with Gasteiger partial charge in [-0.1, -0.05) is 25.7 Å². The Labute approximate surface area is 122 Å². The van der Waals surface area contributed by atoms with Crippen molar-refractivity contribution in [2.24, 2.45) is 5.41 Å². The second-order valence-electron chi connectivity index (χ2n) is 4.82. The molecule has 0 N–H and O–H groups in total. The van der Waals surface area contributed by atoms with Crippen LogP contribution in [0, 0.1) is 5.41 Å². The van der Waals surface area contributed by atoms with E-state index in [0.29, 0.717) is 32.0 Å². The SMILES string of the molecule is C=CCOCC(CC)(COCC=C)COC(=O)C(=C)C. The van der Waals surface area contributed by atoms with Crippen molar-refractivity contribution in [3.63, 3.8) is 0 Å². The van der Waals surface area contributed by atoms with Crippen LogP contribution in [0.15, 0.2) is 37.5 Å². The lowest BCUT2D eigenvalue weighted by Crippen LogP contribution is -2.37. The van der Waals surface area contributed by atoms with Gasteiger partial charge in [-0.25, -0.2) is 4.79 Å². The van der Waals surface area contributed by atoms with Crippen LogP contribution in [0.2, 0.25) is 0 Å². The van der Waals surface area contributed by atoms with Gasteiger partial charge in [-0.15, -0.1) is 13.2 Å². The highest BCUT2D eigenvalue weighted by molar-refractivity contribution is 5.86. The summed E-state index contributed by atoms with van der Waals surface area (Å²) in [5, 5.41) is 0. The van der Waals surface area contributed by atoms with Gasteiger partial charge in [0.25, 0.3) is 0 Å². The van der Waals surface area contributed by atoms with Gasteiger partial charge in [0, 0.05) is 5.57 Å². The quantitative estimate of drug-likeness (QED) is 0.239. The molecule has 0 aromatic rings. The smallest absolute Gasteiger partial charge is 0.333 e. The zero-order valence-corrected chi connectivity index (χ0v) is 12.7. The van der Waals surface area contributed by atoms with Gasteiger partial charge in [-0.05, 0) is 13.3 Å². The summed E-state index contributed by atoms with van der Waals surface area (Å²) in [7, 11) is 0. The minimum absolute atomic E-state index is 0.240. The van der Waals surface area contributed by atoms with E-state index in [1.54, 1.807) is 19.1 Å². The van der Waals surface area contributed by atoms with Crippen LogP contribution in [0.4, 0.5) is 0 Å². The predicted octanol–water partition coefficient (Wildman–Crippen LogP) is 2.91. The zero-order chi connectivity index (χ0) is 15.4. The Balaban J connectivity index is 4.61. The van der Waals surface area contributed by atoms with Crippen molar-refractivity contribution in [1.82, 2.24) is 0 Å². The van der Waals surface area contributed by atoms with Crippen LogP contribution in [0.5, 0.6) is 0 Å². The minimum atomic E-state index is -0.393. The average Bonchev–Trinajstić information content (AvgIpc) is 2.44. The summed E-state index contributed by atoms with van der Waals surface area (Å²) in [4.78, 5) is 11.5. The number of rotatable bonds is 12. The maximum atomic E-state index is 11.5. The fourth-order valence-corrected chi connectivity index (χ4v) is 1.49. The molecule has 0 spiro atoms. The number of hydrogen-bond acceptors (Lipinski definition) is 4.